The van der Waals surface area contributed by atoms with Crippen molar-refractivity contribution in [1.29, 1.82) is 0 Å². The van der Waals surface area contributed by atoms with Crippen LogP contribution in [0.15, 0.2) is 40.2 Å². The van der Waals surface area contributed by atoms with Crippen molar-refractivity contribution in [2.45, 2.75) is 11.1 Å². The van der Waals surface area contributed by atoms with Crippen LogP contribution in [0.2, 0.25) is 0 Å². The number of carbonyl (C=O) groups is 1. The minimum Gasteiger partial charge on any atom is -0.478 e. The van der Waals surface area contributed by atoms with Crippen molar-refractivity contribution in [2.75, 3.05) is 10.8 Å². The first-order valence-corrected chi connectivity index (χ1v) is 8.03. The van der Waals surface area contributed by atoms with Gasteiger partial charge in [0.05, 0.1) is 17.4 Å². The number of rotatable bonds is 5. The van der Waals surface area contributed by atoms with Gasteiger partial charge in [0.2, 0.25) is 0 Å². The van der Waals surface area contributed by atoms with E-state index in [-0.39, 0.29) is 22.0 Å². The molecule has 0 atom stereocenters. The molecule has 0 spiro atoms. The number of aromatic nitrogens is 1. The fraction of sp³-hybridized carbons (Fsp3) is 0.167. The van der Waals surface area contributed by atoms with Crippen molar-refractivity contribution in [2.24, 2.45) is 0 Å². The maximum Gasteiger partial charge on any atom is 0.337 e. The second-order valence-electron chi connectivity index (χ2n) is 3.84. The number of hydrogen-bond donors (Lipinski definition) is 1. The minimum atomic E-state index is -3.68. The summed E-state index contributed by atoms with van der Waals surface area (Å²) in [4.78, 5) is 14.7. The van der Waals surface area contributed by atoms with Crippen LogP contribution in [-0.4, -0.2) is 31.0 Å². The SMILES string of the molecule is CCN(c1cncc(C(=O)O)c1)S(=O)(=O)c1cccs1. The van der Waals surface area contributed by atoms with E-state index in [1.807, 2.05) is 0 Å². The van der Waals surface area contributed by atoms with Gasteiger partial charge in [0.15, 0.2) is 0 Å². The van der Waals surface area contributed by atoms with Crippen LogP contribution in [0.5, 0.6) is 0 Å². The normalized spacial score (nSPS) is 11.2. The van der Waals surface area contributed by atoms with Crippen molar-refractivity contribution in [3.63, 3.8) is 0 Å². The van der Waals surface area contributed by atoms with Crippen molar-refractivity contribution in [3.05, 3.63) is 41.5 Å². The van der Waals surface area contributed by atoms with E-state index < -0.39 is 16.0 Å². The average Bonchev–Trinajstić information content (AvgIpc) is 2.94. The van der Waals surface area contributed by atoms with Crippen LogP contribution in [-0.2, 0) is 10.0 Å². The quantitative estimate of drug-likeness (QED) is 0.913. The lowest BCUT2D eigenvalue weighted by atomic mass is 10.2. The van der Waals surface area contributed by atoms with Gasteiger partial charge in [-0.15, -0.1) is 11.3 Å². The Morgan fingerprint density at radius 2 is 2.20 bits per heavy atom. The summed E-state index contributed by atoms with van der Waals surface area (Å²) in [6.07, 6.45) is 2.51. The molecule has 2 aromatic heterocycles. The highest BCUT2D eigenvalue weighted by atomic mass is 32.2. The number of nitrogens with zero attached hydrogens (tertiary/aromatic N) is 2. The highest BCUT2D eigenvalue weighted by Gasteiger charge is 2.25. The molecule has 2 rings (SSSR count). The molecular formula is C12H12N2O4S2. The molecule has 0 fully saturated rings. The molecule has 1 N–H and O–H groups in total. The van der Waals surface area contributed by atoms with E-state index in [0.717, 1.165) is 15.6 Å². The van der Waals surface area contributed by atoms with Crippen LogP contribution in [0, 0.1) is 0 Å². The Hall–Kier alpha value is -1.93. The van der Waals surface area contributed by atoms with E-state index in [0.29, 0.717) is 0 Å². The van der Waals surface area contributed by atoms with Gasteiger partial charge in [-0.05, 0) is 24.4 Å². The summed E-state index contributed by atoms with van der Waals surface area (Å²) in [6.45, 7) is 1.86. The molecule has 0 aliphatic heterocycles. The summed E-state index contributed by atoms with van der Waals surface area (Å²) in [5.74, 6) is -1.15. The molecule has 0 aliphatic carbocycles. The molecule has 2 heterocycles. The maximum atomic E-state index is 12.5. The van der Waals surface area contributed by atoms with Crippen LogP contribution >= 0.6 is 11.3 Å². The van der Waals surface area contributed by atoms with Crippen molar-refractivity contribution in [1.82, 2.24) is 4.98 Å². The monoisotopic (exact) mass is 312 g/mol. The molecule has 0 saturated carbocycles. The van der Waals surface area contributed by atoms with Gasteiger partial charge in [-0.25, -0.2) is 13.2 Å². The topological polar surface area (TPSA) is 87.6 Å². The van der Waals surface area contributed by atoms with Crippen molar-refractivity contribution >= 4 is 33.0 Å². The third-order valence-electron chi connectivity index (χ3n) is 2.59. The largest absolute Gasteiger partial charge is 0.478 e. The Bertz CT molecular complexity index is 711. The fourth-order valence-corrected chi connectivity index (χ4v) is 4.25. The molecule has 0 saturated heterocycles. The summed E-state index contributed by atoms with van der Waals surface area (Å²) in [5, 5.41) is 10.6. The van der Waals surface area contributed by atoms with Crippen LogP contribution in [0.3, 0.4) is 0 Å². The number of thiophene rings is 1. The van der Waals surface area contributed by atoms with Gasteiger partial charge in [-0.3, -0.25) is 9.29 Å². The van der Waals surface area contributed by atoms with Gasteiger partial charge in [-0.1, -0.05) is 6.07 Å². The highest BCUT2D eigenvalue weighted by molar-refractivity contribution is 7.94. The second-order valence-corrected chi connectivity index (χ2v) is 6.88. The summed E-state index contributed by atoms with van der Waals surface area (Å²) < 4.78 is 26.3. The van der Waals surface area contributed by atoms with Crippen molar-refractivity contribution in [3.8, 4) is 0 Å². The molecule has 0 aromatic carbocycles. The van der Waals surface area contributed by atoms with E-state index >= 15 is 0 Å². The van der Waals surface area contributed by atoms with Crippen molar-refractivity contribution < 1.29 is 18.3 Å². The third kappa shape index (κ3) is 2.66. The third-order valence-corrected chi connectivity index (χ3v) is 5.86. The van der Waals surface area contributed by atoms with Crippen LogP contribution < -0.4 is 4.31 Å². The van der Waals surface area contributed by atoms with E-state index in [1.54, 1.807) is 18.4 Å². The summed E-state index contributed by atoms with van der Waals surface area (Å²) >= 11 is 1.11. The molecular weight excluding hydrogens is 300 g/mol. The van der Waals surface area contributed by atoms with E-state index in [1.165, 1.54) is 24.5 Å². The standard InChI is InChI=1S/C12H12N2O4S2/c1-2-14(20(17,18)11-4-3-5-19-11)10-6-9(12(15)16)7-13-8-10/h3-8H,2H2,1H3,(H,15,16). The molecule has 0 amide bonds. The molecule has 2 aromatic rings. The molecule has 0 unspecified atom stereocenters. The summed E-state index contributed by atoms with van der Waals surface area (Å²) in [7, 11) is -3.68. The van der Waals surface area contributed by atoms with Gasteiger partial charge in [0.25, 0.3) is 10.0 Å². The Morgan fingerprint density at radius 1 is 1.45 bits per heavy atom. The molecule has 0 aliphatic rings. The first kappa shape index (κ1) is 14.5. The zero-order chi connectivity index (χ0) is 14.8. The molecule has 20 heavy (non-hydrogen) atoms. The summed E-state index contributed by atoms with van der Waals surface area (Å²) in [6, 6.07) is 4.46. The Kier molecular flexibility index (Phi) is 4.05. The zero-order valence-corrected chi connectivity index (χ0v) is 12.2. The minimum absolute atomic E-state index is 0.0534. The molecule has 6 nitrogen and oxygen atoms in total. The number of anilines is 1. The van der Waals surface area contributed by atoms with Gasteiger partial charge >= 0.3 is 5.97 Å². The highest BCUT2D eigenvalue weighted by Crippen LogP contribution is 2.26. The smallest absolute Gasteiger partial charge is 0.337 e. The van der Waals surface area contributed by atoms with Crippen LogP contribution in [0.1, 0.15) is 17.3 Å². The first-order chi connectivity index (χ1) is 9.46. The number of hydrogen-bond acceptors (Lipinski definition) is 5. The second kappa shape index (κ2) is 5.59. The lowest BCUT2D eigenvalue weighted by Crippen LogP contribution is -2.30. The lowest BCUT2D eigenvalue weighted by molar-refractivity contribution is 0.0696. The predicted octanol–water partition coefficient (Wildman–Crippen LogP) is 2.06. The predicted molar refractivity (Wildman–Crippen MR) is 75.7 cm³/mol. The number of pyridine rings is 1. The van der Waals surface area contributed by atoms with Gasteiger partial charge in [-0.2, -0.15) is 0 Å². The fourth-order valence-electron chi connectivity index (χ4n) is 1.69. The number of sulfonamides is 1. The maximum absolute atomic E-state index is 12.5. The number of aromatic carboxylic acids is 1. The van der Waals surface area contributed by atoms with Gasteiger partial charge in [0, 0.05) is 12.7 Å². The van der Waals surface area contributed by atoms with Gasteiger partial charge in [0.1, 0.15) is 4.21 Å². The number of carboxylic acid groups (broad SMARTS) is 1. The number of carboxylic acids is 1. The summed E-state index contributed by atoms with van der Waals surface area (Å²) in [5.41, 5.74) is 0.183. The Morgan fingerprint density at radius 3 is 2.75 bits per heavy atom. The first-order valence-electron chi connectivity index (χ1n) is 5.71. The average molecular weight is 312 g/mol. The van der Waals surface area contributed by atoms with Gasteiger partial charge < -0.3 is 5.11 Å². The lowest BCUT2D eigenvalue weighted by Gasteiger charge is -2.21. The van der Waals surface area contributed by atoms with E-state index in [4.69, 9.17) is 5.11 Å². The molecule has 106 valence electrons. The molecule has 8 heteroatoms. The Balaban J connectivity index is 2.48. The molecule has 0 bridgehead atoms. The van der Waals surface area contributed by atoms with E-state index in [2.05, 4.69) is 4.98 Å². The van der Waals surface area contributed by atoms with Crippen LogP contribution in [0.4, 0.5) is 5.69 Å². The van der Waals surface area contributed by atoms with E-state index in [9.17, 15) is 13.2 Å². The molecule has 0 radical (unpaired) electrons. The Labute approximate surface area is 120 Å². The van der Waals surface area contributed by atoms with Crippen LogP contribution in [0.25, 0.3) is 0 Å². The zero-order valence-electron chi connectivity index (χ0n) is 10.6.